The average Bonchev–Trinajstić information content (AvgIpc) is 2.14. The number of rotatable bonds is 7. The predicted octanol–water partition coefficient (Wildman–Crippen LogP) is 2.02. The summed E-state index contributed by atoms with van der Waals surface area (Å²) >= 11 is 0. The Morgan fingerprint density at radius 1 is 1.31 bits per heavy atom. The molecule has 0 rings (SSSR count). The van der Waals surface area contributed by atoms with Crippen LogP contribution in [0.1, 0.15) is 47.0 Å². The highest BCUT2D eigenvalue weighted by Crippen LogP contribution is 2.28. The number of nitrogens with two attached hydrogens (primary N) is 1. The maximum atomic E-state index is 11.3. The molecule has 0 saturated heterocycles. The number of hydrogen-bond donors (Lipinski definition) is 2. The molecule has 0 radical (unpaired) electrons. The van der Waals surface area contributed by atoms with Gasteiger partial charge in [0, 0.05) is 13.2 Å². The summed E-state index contributed by atoms with van der Waals surface area (Å²) in [6, 6.07) is 0. The van der Waals surface area contributed by atoms with Crippen molar-refractivity contribution in [2.24, 2.45) is 11.1 Å². The zero-order chi connectivity index (χ0) is 12.8. The molecule has 0 aliphatic heterocycles. The van der Waals surface area contributed by atoms with Gasteiger partial charge in [-0.3, -0.25) is 4.79 Å². The largest absolute Gasteiger partial charge is 0.481 e. The van der Waals surface area contributed by atoms with E-state index in [0.717, 1.165) is 6.42 Å². The van der Waals surface area contributed by atoms with E-state index >= 15 is 0 Å². The minimum Gasteiger partial charge on any atom is -0.481 e. The van der Waals surface area contributed by atoms with Crippen molar-refractivity contribution in [2.45, 2.75) is 52.6 Å². The topological polar surface area (TPSA) is 72.5 Å². The summed E-state index contributed by atoms with van der Waals surface area (Å²) in [5.41, 5.74) is 4.56. The Bertz CT molecular complexity index is 223. The van der Waals surface area contributed by atoms with Gasteiger partial charge >= 0.3 is 5.97 Å². The normalized spacial score (nSPS) is 15.8. The third-order valence-corrected chi connectivity index (χ3v) is 2.69. The Labute approximate surface area is 98.2 Å². The van der Waals surface area contributed by atoms with E-state index in [4.69, 9.17) is 10.5 Å². The fourth-order valence-corrected chi connectivity index (χ4v) is 1.66. The molecular weight excluding hydrogens is 206 g/mol. The highest BCUT2D eigenvalue weighted by atomic mass is 16.5. The monoisotopic (exact) mass is 231 g/mol. The van der Waals surface area contributed by atoms with E-state index in [0.29, 0.717) is 19.4 Å². The summed E-state index contributed by atoms with van der Waals surface area (Å²) < 4.78 is 5.56. The van der Waals surface area contributed by atoms with E-state index in [-0.39, 0.29) is 12.1 Å². The lowest BCUT2D eigenvalue weighted by molar-refractivity contribution is -0.151. The number of hydrogen-bond acceptors (Lipinski definition) is 3. The summed E-state index contributed by atoms with van der Waals surface area (Å²) in [6.45, 7) is 8.45. The van der Waals surface area contributed by atoms with Crippen molar-refractivity contribution < 1.29 is 14.6 Å². The molecule has 0 aliphatic carbocycles. The first kappa shape index (κ1) is 15.4. The second-order valence-electron chi connectivity index (χ2n) is 5.25. The van der Waals surface area contributed by atoms with Crippen LogP contribution in [0.15, 0.2) is 0 Å². The average molecular weight is 231 g/mol. The summed E-state index contributed by atoms with van der Waals surface area (Å²) in [6.07, 6.45) is 1.90. The minimum absolute atomic E-state index is 0.170. The first-order valence-corrected chi connectivity index (χ1v) is 5.85. The van der Waals surface area contributed by atoms with Gasteiger partial charge in [-0.05, 0) is 33.6 Å². The number of carbonyl (C=O) groups is 1. The Hall–Kier alpha value is -0.610. The van der Waals surface area contributed by atoms with Crippen molar-refractivity contribution in [3.63, 3.8) is 0 Å². The summed E-state index contributed by atoms with van der Waals surface area (Å²) in [4.78, 5) is 11.3. The van der Waals surface area contributed by atoms with Gasteiger partial charge in [0.25, 0.3) is 0 Å². The van der Waals surface area contributed by atoms with Crippen molar-refractivity contribution in [1.29, 1.82) is 0 Å². The van der Waals surface area contributed by atoms with Crippen molar-refractivity contribution in [3.05, 3.63) is 0 Å². The smallest absolute Gasteiger partial charge is 0.311 e. The van der Waals surface area contributed by atoms with Crippen LogP contribution < -0.4 is 5.73 Å². The molecular formula is C12H25NO3. The zero-order valence-electron chi connectivity index (χ0n) is 10.9. The van der Waals surface area contributed by atoms with E-state index in [2.05, 4.69) is 0 Å². The maximum absolute atomic E-state index is 11.3. The number of carboxylic acid groups (broad SMARTS) is 1. The number of ether oxygens (including phenoxy) is 1. The zero-order valence-corrected chi connectivity index (χ0v) is 10.9. The molecule has 0 heterocycles. The van der Waals surface area contributed by atoms with Crippen LogP contribution in [-0.2, 0) is 9.53 Å². The maximum Gasteiger partial charge on any atom is 0.311 e. The lowest BCUT2D eigenvalue weighted by Gasteiger charge is -2.29. The van der Waals surface area contributed by atoms with Gasteiger partial charge in [-0.25, -0.2) is 0 Å². The molecule has 0 fully saturated rings. The molecule has 96 valence electrons. The second-order valence-corrected chi connectivity index (χ2v) is 5.25. The van der Waals surface area contributed by atoms with Crippen LogP contribution in [0, 0.1) is 5.41 Å². The van der Waals surface area contributed by atoms with Crippen LogP contribution in [-0.4, -0.2) is 29.8 Å². The lowest BCUT2D eigenvalue weighted by Crippen LogP contribution is -2.40. The van der Waals surface area contributed by atoms with Gasteiger partial charge in [0.2, 0.25) is 0 Å². The van der Waals surface area contributed by atoms with Gasteiger partial charge in [0.15, 0.2) is 0 Å². The van der Waals surface area contributed by atoms with E-state index in [1.54, 1.807) is 0 Å². The molecule has 4 heteroatoms. The van der Waals surface area contributed by atoms with Crippen LogP contribution in [0.4, 0.5) is 0 Å². The Morgan fingerprint density at radius 2 is 1.88 bits per heavy atom. The van der Waals surface area contributed by atoms with Gasteiger partial charge in [-0.2, -0.15) is 0 Å². The van der Waals surface area contributed by atoms with Gasteiger partial charge in [-0.1, -0.05) is 13.3 Å². The molecule has 0 amide bonds. The molecule has 16 heavy (non-hydrogen) atoms. The van der Waals surface area contributed by atoms with E-state index < -0.39 is 11.4 Å². The number of carboxylic acids is 1. The minimum atomic E-state index is -0.819. The Morgan fingerprint density at radius 3 is 2.19 bits per heavy atom. The highest BCUT2D eigenvalue weighted by Gasteiger charge is 2.36. The Balaban J connectivity index is 4.38. The fourth-order valence-electron chi connectivity index (χ4n) is 1.66. The molecule has 0 saturated carbocycles. The van der Waals surface area contributed by atoms with Gasteiger partial charge < -0.3 is 15.6 Å². The van der Waals surface area contributed by atoms with Crippen LogP contribution in [0.2, 0.25) is 0 Å². The third kappa shape index (κ3) is 4.94. The van der Waals surface area contributed by atoms with E-state index in [1.165, 1.54) is 0 Å². The first-order valence-electron chi connectivity index (χ1n) is 5.85. The van der Waals surface area contributed by atoms with Crippen molar-refractivity contribution in [1.82, 2.24) is 0 Å². The fraction of sp³-hybridized carbons (Fsp3) is 0.917. The molecule has 0 bridgehead atoms. The van der Waals surface area contributed by atoms with Gasteiger partial charge in [0.05, 0.1) is 11.0 Å². The molecule has 0 aliphatic rings. The summed E-state index contributed by atoms with van der Waals surface area (Å²) in [5, 5.41) is 9.25. The summed E-state index contributed by atoms with van der Waals surface area (Å²) in [5.74, 6) is -0.811. The van der Waals surface area contributed by atoms with Gasteiger partial charge in [0.1, 0.15) is 0 Å². The van der Waals surface area contributed by atoms with Crippen LogP contribution in [0.3, 0.4) is 0 Å². The molecule has 0 aromatic carbocycles. The SMILES string of the molecule is CCCC(CN)(CCOC(C)(C)C)C(=O)O. The quantitative estimate of drug-likeness (QED) is 0.703. The van der Waals surface area contributed by atoms with Crippen molar-refractivity contribution >= 4 is 5.97 Å². The third-order valence-electron chi connectivity index (χ3n) is 2.69. The van der Waals surface area contributed by atoms with Crippen LogP contribution in [0.5, 0.6) is 0 Å². The molecule has 1 atom stereocenters. The van der Waals surface area contributed by atoms with Crippen molar-refractivity contribution in [3.8, 4) is 0 Å². The molecule has 0 aromatic rings. The van der Waals surface area contributed by atoms with E-state index in [9.17, 15) is 9.90 Å². The van der Waals surface area contributed by atoms with Crippen molar-refractivity contribution in [2.75, 3.05) is 13.2 Å². The number of aliphatic carboxylic acids is 1. The Kier molecular flexibility index (Phi) is 5.97. The second kappa shape index (κ2) is 6.21. The predicted molar refractivity (Wildman–Crippen MR) is 64.4 cm³/mol. The first-order chi connectivity index (χ1) is 7.27. The van der Waals surface area contributed by atoms with Gasteiger partial charge in [-0.15, -0.1) is 0 Å². The lowest BCUT2D eigenvalue weighted by atomic mass is 9.80. The van der Waals surface area contributed by atoms with Crippen LogP contribution >= 0.6 is 0 Å². The standard InChI is InChI=1S/C12H25NO3/c1-5-6-12(9-13,10(14)15)7-8-16-11(2,3)4/h5-9,13H2,1-4H3,(H,14,15). The highest BCUT2D eigenvalue weighted by molar-refractivity contribution is 5.74. The molecule has 0 aromatic heterocycles. The van der Waals surface area contributed by atoms with E-state index in [1.807, 2.05) is 27.7 Å². The molecule has 3 N–H and O–H groups in total. The summed E-state index contributed by atoms with van der Waals surface area (Å²) in [7, 11) is 0. The molecule has 1 unspecified atom stereocenters. The molecule has 0 spiro atoms. The van der Waals surface area contributed by atoms with Crippen LogP contribution in [0.25, 0.3) is 0 Å². The molecule has 4 nitrogen and oxygen atoms in total.